The smallest absolute Gasteiger partial charge is 0.00453 e. The van der Waals surface area contributed by atoms with E-state index in [1.807, 2.05) is 0 Å². The van der Waals surface area contributed by atoms with Crippen LogP contribution in [-0.4, -0.2) is 0 Å². The molecule has 0 nitrogen and oxygen atoms in total. The zero-order chi connectivity index (χ0) is 7.72. The highest BCUT2D eigenvalue weighted by Crippen LogP contribution is 2.32. The summed E-state index contributed by atoms with van der Waals surface area (Å²) in [7, 11) is 0. The van der Waals surface area contributed by atoms with Gasteiger partial charge in [-0.25, -0.2) is 0 Å². The second-order valence-corrected chi connectivity index (χ2v) is 3.53. The lowest BCUT2D eigenvalue weighted by Crippen LogP contribution is -1.79. The van der Waals surface area contributed by atoms with E-state index in [2.05, 4.69) is 44.8 Å². The van der Waals surface area contributed by atoms with Crippen LogP contribution in [0.15, 0.2) is 33.6 Å². The van der Waals surface area contributed by atoms with Crippen molar-refractivity contribution in [3.63, 3.8) is 0 Å². The maximum atomic E-state index is 4.25. The Morgan fingerprint density at radius 2 is 2.30 bits per heavy atom. The van der Waals surface area contributed by atoms with Gasteiger partial charge in [-0.05, 0) is 29.1 Å². The molecule has 0 fully saturated rings. The molecule has 0 atom stereocenters. The molecule has 2 heteroatoms. The molecule has 0 aromatic carbocycles. The molecule has 0 aliphatic heterocycles. The molecule has 0 aromatic rings. The lowest BCUT2D eigenvalue weighted by molar-refractivity contribution is 1.28. The molecule has 0 saturated heterocycles. The summed E-state index contributed by atoms with van der Waals surface area (Å²) in [6.45, 7) is 5.82. The third kappa shape index (κ3) is 1.50. The van der Waals surface area contributed by atoms with Crippen LogP contribution in [0.5, 0.6) is 0 Å². The molecule has 0 N–H and O–H groups in total. The number of thiol groups is 2. The van der Waals surface area contributed by atoms with Gasteiger partial charge >= 0.3 is 0 Å². The van der Waals surface area contributed by atoms with Crippen LogP contribution in [-0.2, 0) is 0 Å². The van der Waals surface area contributed by atoms with Gasteiger partial charge in [0.15, 0.2) is 0 Å². The van der Waals surface area contributed by atoms with Crippen molar-refractivity contribution in [1.82, 2.24) is 0 Å². The normalized spacial score (nSPS) is 17.7. The van der Waals surface area contributed by atoms with Gasteiger partial charge in [-0.3, -0.25) is 0 Å². The first-order chi connectivity index (χ1) is 4.61. The summed E-state index contributed by atoms with van der Waals surface area (Å²) in [5, 5.41) is 0. The fourth-order valence-electron chi connectivity index (χ4n) is 1.04. The van der Waals surface area contributed by atoms with Crippen molar-refractivity contribution >= 4 is 25.3 Å². The Bertz CT molecular complexity index is 234. The number of rotatable bonds is 1. The second kappa shape index (κ2) is 2.89. The van der Waals surface area contributed by atoms with Crippen LogP contribution in [0.25, 0.3) is 0 Å². The molecule has 54 valence electrons. The third-order valence-electron chi connectivity index (χ3n) is 1.57. The summed E-state index contributed by atoms with van der Waals surface area (Å²) in [5.41, 5.74) is 2.46. The van der Waals surface area contributed by atoms with E-state index in [-0.39, 0.29) is 0 Å². The Labute approximate surface area is 72.5 Å². The predicted molar refractivity (Wildman–Crippen MR) is 52.5 cm³/mol. The maximum absolute atomic E-state index is 4.25. The Morgan fingerprint density at radius 3 is 2.50 bits per heavy atom. The van der Waals surface area contributed by atoms with Crippen LogP contribution in [0.1, 0.15) is 13.3 Å². The molecule has 0 amide bonds. The highest BCUT2D eigenvalue weighted by molar-refractivity contribution is 7.85. The third-order valence-corrected chi connectivity index (χ3v) is 2.12. The molecular formula is C8H10S2. The number of allylic oxidation sites excluding steroid dienone is 4. The van der Waals surface area contributed by atoms with E-state index < -0.39 is 0 Å². The molecule has 0 saturated carbocycles. The van der Waals surface area contributed by atoms with Gasteiger partial charge in [-0.2, -0.15) is 0 Å². The molecule has 0 bridgehead atoms. The Morgan fingerprint density at radius 1 is 1.70 bits per heavy atom. The summed E-state index contributed by atoms with van der Waals surface area (Å²) >= 11 is 8.42. The first kappa shape index (κ1) is 8.02. The molecule has 0 aromatic heterocycles. The molecule has 1 aliphatic rings. The molecule has 0 heterocycles. The van der Waals surface area contributed by atoms with E-state index in [0.29, 0.717) is 0 Å². The Hall–Kier alpha value is -0.0800. The van der Waals surface area contributed by atoms with Gasteiger partial charge in [0.2, 0.25) is 0 Å². The minimum absolute atomic E-state index is 0.859. The quantitative estimate of drug-likeness (QED) is 0.555. The Balaban J connectivity index is 2.86. The summed E-state index contributed by atoms with van der Waals surface area (Å²) in [6.07, 6.45) is 2.96. The number of hydrogen-bond acceptors (Lipinski definition) is 2. The minimum Gasteiger partial charge on any atom is -0.148 e. The first-order valence-electron chi connectivity index (χ1n) is 3.09. The SMILES string of the molecule is C=C(S)C1=C(C)C=C(S)C1. The molecular weight excluding hydrogens is 160 g/mol. The molecule has 1 aliphatic carbocycles. The maximum Gasteiger partial charge on any atom is 0.00453 e. The number of hydrogen-bond donors (Lipinski definition) is 2. The predicted octanol–water partition coefficient (Wildman–Crippen LogP) is 2.96. The monoisotopic (exact) mass is 170 g/mol. The zero-order valence-corrected chi connectivity index (χ0v) is 7.67. The fourth-order valence-corrected chi connectivity index (χ4v) is 1.65. The van der Waals surface area contributed by atoms with Gasteiger partial charge in [0, 0.05) is 11.3 Å². The average Bonchev–Trinajstić information content (AvgIpc) is 2.10. The van der Waals surface area contributed by atoms with E-state index in [9.17, 15) is 0 Å². The van der Waals surface area contributed by atoms with E-state index in [0.717, 1.165) is 16.2 Å². The van der Waals surface area contributed by atoms with Crippen molar-refractivity contribution < 1.29 is 0 Å². The van der Waals surface area contributed by atoms with Crippen LogP contribution < -0.4 is 0 Å². The summed E-state index contributed by atoms with van der Waals surface area (Å²) < 4.78 is 0. The summed E-state index contributed by atoms with van der Waals surface area (Å²) in [5.74, 6) is 0. The van der Waals surface area contributed by atoms with Crippen molar-refractivity contribution in [3.8, 4) is 0 Å². The van der Waals surface area contributed by atoms with Crippen molar-refractivity contribution in [2.75, 3.05) is 0 Å². The average molecular weight is 170 g/mol. The highest BCUT2D eigenvalue weighted by Gasteiger charge is 2.10. The summed E-state index contributed by atoms with van der Waals surface area (Å²) in [6, 6.07) is 0. The van der Waals surface area contributed by atoms with Crippen LogP contribution in [0.3, 0.4) is 0 Å². The van der Waals surface area contributed by atoms with E-state index in [4.69, 9.17) is 0 Å². The van der Waals surface area contributed by atoms with Crippen molar-refractivity contribution in [3.05, 3.63) is 33.6 Å². The molecule has 0 spiro atoms. The van der Waals surface area contributed by atoms with E-state index in [1.54, 1.807) is 0 Å². The molecule has 0 radical (unpaired) electrons. The van der Waals surface area contributed by atoms with E-state index >= 15 is 0 Å². The van der Waals surface area contributed by atoms with Gasteiger partial charge in [0.25, 0.3) is 0 Å². The topological polar surface area (TPSA) is 0 Å². The lowest BCUT2D eigenvalue weighted by Gasteiger charge is -1.99. The van der Waals surface area contributed by atoms with Crippen LogP contribution >= 0.6 is 25.3 Å². The van der Waals surface area contributed by atoms with Crippen molar-refractivity contribution in [2.24, 2.45) is 0 Å². The van der Waals surface area contributed by atoms with Crippen molar-refractivity contribution in [1.29, 1.82) is 0 Å². The van der Waals surface area contributed by atoms with Crippen LogP contribution in [0, 0.1) is 0 Å². The van der Waals surface area contributed by atoms with Gasteiger partial charge in [0.1, 0.15) is 0 Å². The van der Waals surface area contributed by atoms with Gasteiger partial charge in [-0.1, -0.05) is 6.58 Å². The minimum atomic E-state index is 0.859. The molecule has 1 rings (SSSR count). The molecule has 0 unspecified atom stereocenters. The van der Waals surface area contributed by atoms with Gasteiger partial charge < -0.3 is 0 Å². The van der Waals surface area contributed by atoms with E-state index in [1.165, 1.54) is 11.1 Å². The standard InChI is InChI=1S/C8H10S2/c1-5-3-7(10)4-8(5)6(2)9/h3,9-10H,2,4H2,1H3. The molecule has 10 heavy (non-hydrogen) atoms. The van der Waals surface area contributed by atoms with Gasteiger partial charge in [-0.15, -0.1) is 25.3 Å². The highest BCUT2D eigenvalue weighted by atomic mass is 32.1. The van der Waals surface area contributed by atoms with Crippen LogP contribution in [0.4, 0.5) is 0 Å². The fraction of sp³-hybridized carbons (Fsp3) is 0.250. The van der Waals surface area contributed by atoms with Gasteiger partial charge in [0.05, 0.1) is 0 Å². The second-order valence-electron chi connectivity index (χ2n) is 2.42. The lowest BCUT2D eigenvalue weighted by atomic mass is 10.1. The first-order valence-corrected chi connectivity index (χ1v) is 3.98. The largest absolute Gasteiger partial charge is 0.148 e. The van der Waals surface area contributed by atoms with Crippen molar-refractivity contribution in [2.45, 2.75) is 13.3 Å². The summed E-state index contributed by atoms with van der Waals surface area (Å²) in [4.78, 5) is 1.96. The zero-order valence-electron chi connectivity index (χ0n) is 5.89. The van der Waals surface area contributed by atoms with Crippen LogP contribution in [0.2, 0.25) is 0 Å². The Kier molecular flexibility index (Phi) is 2.32.